The molecular weight excluding hydrogens is 513 g/mol. The number of hydrogen-bond donors (Lipinski definition) is 0. The van der Waals surface area contributed by atoms with Gasteiger partial charge in [0.1, 0.15) is 0 Å². The van der Waals surface area contributed by atoms with Crippen LogP contribution >= 0.6 is 45.3 Å². The fraction of sp³-hybridized carbons (Fsp3) is 0. The van der Waals surface area contributed by atoms with Crippen LogP contribution in [0.15, 0.2) is 106 Å². The summed E-state index contributed by atoms with van der Waals surface area (Å²) >= 11 is 7.29. The van der Waals surface area contributed by atoms with E-state index in [4.69, 9.17) is 0 Å². The SMILES string of the molecule is c1csc(-c2cc(-c3cccs3)c3ccc4c(-c5cccs5)cc(-c5cccs5)c5ccc2c3c54)c1. The zero-order valence-electron chi connectivity index (χ0n) is 19.0. The van der Waals surface area contributed by atoms with E-state index in [1.807, 2.05) is 45.3 Å². The summed E-state index contributed by atoms with van der Waals surface area (Å²) in [6.45, 7) is 0. The van der Waals surface area contributed by atoms with E-state index in [2.05, 4.69) is 106 Å². The van der Waals surface area contributed by atoms with Gasteiger partial charge in [-0.05, 0) is 90.2 Å². The molecule has 4 aromatic heterocycles. The molecule has 4 heteroatoms. The average Bonchev–Trinajstić information content (AvgIpc) is 3.74. The van der Waals surface area contributed by atoms with Crippen molar-refractivity contribution in [3.8, 4) is 41.8 Å². The van der Waals surface area contributed by atoms with Gasteiger partial charge in [-0.25, -0.2) is 0 Å². The summed E-state index contributed by atoms with van der Waals surface area (Å²) in [4.78, 5) is 5.29. The molecule has 4 heterocycles. The summed E-state index contributed by atoms with van der Waals surface area (Å²) in [5.41, 5.74) is 5.31. The molecule has 0 radical (unpaired) electrons. The molecule has 0 amide bonds. The van der Waals surface area contributed by atoms with Crippen LogP contribution in [0.3, 0.4) is 0 Å². The maximum Gasteiger partial charge on any atom is 0.0349 e. The first-order valence-electron chi connectivity index (χ1n) is 11.8. The monoisotopic (exact) mass is 530 g/mol. The van der Waals surface area contributed by atoms with Gasteiger partial charge in [0, 0.05) is 41.8 Å². The summed E-state index contributed by atoms with van der Waals surface area (Å²) in [6, 6.07) is 31.9. The Hall–Kier alpha value is -3.28. The third kappa shape index (κ3) is 3.02. The normalized spacial score (nSPS) is 11.9. The quantitative estimate of drug-likeness (QED) is 0.198. The van der Waals surface area contributed by atoms with Crippen LogP contribution in [-0.2, 0) is 0 Å². The summed E-state index contributed by atoms with van der Waals surface area (Å²) in [5.74, 6) is 0. The first-order chi connectivity index (χ1) is 17.9. The van der Waals surface area contributed by atoms with E-state index in [9.17, 15) is 0 Å². The van der Waals surface area contributed by atoms with Gasteiger partial charge in [0.15, 0.2) is 0 Å². The molecule has 0 saturated carbocycles. The van der Waals surface area contributed by atoms with Gasteiger partial charge in [0.2, 0.25) is 0 Å². The van der Waals surface area contributed by atoms with Crippen LogP contribution in [-0.4, -0.2) is 0 Å². The first-order valence-corrected chi connectivity index (χ1v) is 15.3. The van der Waals surface area contributed by atoms with Crippen LogP contribution in [0.5, 0.6) is 0 Å². The van der Waals surface area contributed by atoms with Crippen molar-refractivity contribution < 1.29 is 0 Å². The predicted octanol–water partition coefficient (Wildman–Crippen LogP) is 11.5. The highest BCUT2D eigenvalue weighted by atomic mass is 32.1. The van der Waals surface area contributed by atoms with Gasteiger partial charge in [-0.1, -0.05) is 48.5 Å². The zero-order chi connectivity index (χ0) is 23.6. The van der Waals surface area contributed by atoms with Crippen LogP contribution in [0.25, 0.3) is 74.1 Å². The molecule has 0 atom stereocenters. The fourth-order valence-electron chi connectivity index (χ4n) is 5.54. The molecule has 0 saturated heterocycles. The molecule has 8 rings (SSSR count). The van der Waals surface area contributed by atoms with Crippen molar-refractivity contribution in [2.75, 3.05) is 0 Å². The van der Waals surface area contributed by atoms with Crippen molar-refractivity contribution in [1.29, 1.82) is 0 Å². The maximum absolute atomic E-state index is 2.42. The molecule has 0 unspecified atom stereocenters. The highest BCUT2D eigenvalue weighted by Gasteiger charge is 2.21. The van der Waals surface area contributed by atoms with Crippen LogP contribution in [0, 0.1) is 0 Å². The number of thiophene rings is 4. The van der Waals surface area contributed by atoms with E-state index in [-0.39, 0.29) is 0 Å². The largest absolute Gasteiger partial charge is 0.144 e. The standard InChI is InChI=1S/C32H18S4/c1-5-27(33-13-1)23-17-24(28-6-2-14-34-28)20-11-12-22-26(30-8-4-16-36-30)18-25(29-7-3-15-35-29)21-10-9-19(23)31(20)32(21)22/h1-18H. The highest BCUT2D eigenvalue weighted by Crippen LogP contribution is 2.49. The number of benzene rings is 4. The molecule has 170 valence electrons. The Bertz CT molecular complexity index is 1670. The Balaban J connectivity index is 1.62. The second-order valence-corrected chi connectivity index (χ2v) is 12.7. The zero-order valence-corrected chi connectivity index (χ0v) is 22.3. The van der Waals surface area contributed by atoms with Crippen LogP contribution in [0.1, 0.15) is 0 Å². The molecular formula is C32H18S4. The Morgan fingerprint density at radius 2 is 0.611 bits per heavy atom. The van der Waals surface area contributed by atoms with Gasteiger partial charge in [-0.15, -0.1) is 45.3 Å². The maximum atomic E-state index is 2.42. The molecule has 0 aliphatic heterocycles. The second-order valence-electron chi connectivity index (χ2n) is 8.92. The van der Waals surface area contributed by atoms with Gasteiger partial charge in [-0.2, -0.15) is 0 Å². The van der Waals surface area contributed by atoms with Crippen LogP contribution in [0.4, 0.5) is 0 Å². The molecule has 8 aromatic rings. The first kappa shape index (κ1) is 20.9. The highest BCUT2D eigenvalue weighted by molar-refractivity contribution is 7.14. The molecule has 0 N–H and O–H groups in total. The third-order valence-corrected chi connectivity index (χ3v) is 10.7. The van der Waals surface area contributed by atoms with E-state index in [0.29, 0.717) is 0 Å². The average molecular weight is 531 g/mol. The lowest BCUT2D eigenvalue weighted by atomic mass is 9.85. The lowest BCUT2D eigenvalue weighted by Gasteiger charge is -2.20. The summed E-state index contributed by atoms with van der Waals surface area (Å²) in [5, 5.41) is 16.9. The smallest absolute Gasteiger partial charge is 0.0349 e. The second kappa shape index (κ2) is 8.12. The van der Waals surface area contributed by atoms with E-state index >= 15 is 0 Å². The van der Waals surface area contributed by atoms with Crippen molar-refractivity contribution in [2.24, 2.45) is 0 Å². The molecule has 0 nitrogen and oxygen atoms in total. The predicted molar refractivity (Wildman–Crippen MR) is 163 cm³/mol. The fourth-order valence-corrected chi connectivity index (χ4v) is 8.56. The number of hydrogen-bond acceptors (Lipinski definition) is 4. The van der Waals surface area contributed by atoms with Crippen molar-refractivity contribution in [3.63, 3.8) is 0 Å². The van der Waals surface area contributed by atoms with E-state index in [1.165, 1.54) is 74.1 Å². The molecule has 0 aliphatic carbocycles. The minimum atomic E-state index is 1.32. The minimum absolute atomic E-state index is 1.32. The van der Waals surface area contributed by atoms with Crippen molar-refractivity contribution in [3.05, 3.63) is 106 Å². The summed E-state index contributed by atoms with van der Waals surface area (Å²) < 4.78 is 0. The molecule has 0 aliphatic rings. The Morgan fingerprint density at radius 3 is 0.833 bits per heavy atom. The Morgan fingerprint density at radius 1 is 0.333 bits per heavy atom. The van der Waals surface area contributed by atoms with Crippen LogP contribution < -0.4 is 0 Å². The van der Waals surface area contributed by atoms with Crippen LogP contribution in [0.2, 0.25) is 0 Å². The molecule has 0 bridgehead atoms. The van der Waals surface area contributed by atoms with Gasteiger partial charge in [-0.3, -0.25) is 0 Å². The Kier molecular flexibility index (Phi) is 4.71. The lowest BCUT2D eigenvalue weighted by Crippen LogP contribution is -1.92. The molecule has 36 heavy (non-hydrogen) atoms. The van der Waals surface area contributed by atoms with Crippen molar-refractivity contribution in [1.82, 2.24) is 0 Å². The molecule has 4 aromatic carbocycles. The number of rotatable bonds is 4. The topological polar surface area (TPSA) is 0 Å². The lowest BCUT2D eigenvalue weighted by molar-refractivity contribution is 1.74. The third-order valence-electron chi connectivity index (χ3n) is 7.05. The van der Waals surface area contributed by atoms with E-state index < -0.39 is 0 Å². The molecule has 0 spiro atoms. The van der Waals surface area contributed by atoms with Gasteiger partial charge in [0.05, 0.1) is 0 Å². The van der Waals surface area contributed by atoms with E-state index in [0.717, 1.165) is 0 Å². The Labute approximate surface area is 224 Å². The summed E-state index contributed by atoms with van der Waals surface area (Å²) in [6.07, 6.45) is 0. The van der Waals surface area contributed by atoms with E-state index in [1.54, 1.807) is 0 Å². The van der Waals surface area contributed by atoms with Gasteiger partial charge in [0.25, 0.3) is 0 Å². The minimum Gasteiger partial charge on any atom is -0.144 e. The van der Waals surface area contributed by atoms with Gasteiger partial charge >= 0.3 is 0 Å². The summed E-state index contributed by atoms with van der Waals surface area (Å²) in [7, 11) is 0. The van der Waals surface area contributed by atoms with Crippen molar-refractivity contribution >= 4 is 77.7 Å². The van der Waals surface area contributed by atoms with Crippen molar-refractivity contribution in [2.45, 2.75) is 0 Å². The molecule has 0 fully saturated rings. The van der Waals surface area contributed by atoms with Gasteiger partial charge < -0.3 is 0 Å².